The maximum atomic E-state index is 12.7. The van der Waals surface area contributed by atoms with Gasteiger partial charge in [0.15, 0.2) is 0 Å². The molecule has 0 radical (unpaired) electrons. The van der Waals surface area contributed by atoms with Crippen LogP contribution in [0, 0.1) is 0 Å². The van der Waals surface area contributed by atoms with Crippen LogP contribution in [0.2, 0.25) is 0 Å². The Bertz CT molecular complexity index is 759. The van der Waals surface area contributed by atoms with Crippen LogP contribution in [0.25, 0.3) is 0 Å². The Labute approximate surface area is 158 Å². The molecular weight excluding hydrogens is 344 g/mol. The Morgan fingerprint density at radius 3 is 2.96 bits per heavy atom. The number of aromatic nitrogens is 4. The minimum absolute atomic E-state index is 0.173. The first-order valence-electron chi connectivity index (χ1n) is 9.41. The summed E-state index contributed by atoms with van der Waals surface area (Å²) in [5.41, 5.74) is 0.742. The second kappa shape index (κ2) is 7.96. The van der Waals surface area contributed by atoms with Gasteiger partial charge in [-0.3, -0.25) is 9.78 Å². The van der Waals surface area contributed by atoms with Gasteiger partial charge in [0.1, 0.15) is 12.1 Å². The largest absolute Gasteiger partial charge is 0.371 e. The molecule has 1 spiro atoms. The van der Waals surface area contributed by atoms with E-state index in [2.05, 4.69) is 25.3 Å². The van der Waals surface area contributed by atoms with Gasteiger partial charge in [-0.25, -0.2) is 15.0 Å². The summed E-state index contributed by atoms with van der Waals surface area (Å²) in [5.74, 6) is 0.934. The molecule has 4 heterocycles. The van der Waals surface area contributed by atoms with Crippen LogP contribution < -0.4 is 5.32 Å². The van der Waals surface area contributed by atoms with E-state index in [0.717, 1.165) is 37.2 Å². The van der Waals surface area contributed by atoms with E-state index in [9.17, 15) is 4.79 Å². The molecule has 2 aromatic rings. The monoisotopic (exact) mass is 368 g/mol. The topological polar surface area (TPSA) is 93.1 Å². The van der Waals surface area contributed by atoms with Gasteiger partial charge in [0.2, 0.25) is 5.91 Å². The predicted octanol–water partition coefficient (Wildman–Crippen LogP) is 1.46. The number of nitrogens with zero attached hydrogens (tertiary/aromatic N) is 5. The van der Waals surface area contributed by atoms with Crippen LogP contribution in [0.3, 0.4) is 0 Å². The number of nitrogens with one attached hydrogen (secondary N) is 1. The van der Waals surface area contributed by atoms with E-state index in [1.165, 1.54) is 6.33 Å². The van der Waals surface area contributed by atoms with Crippen LogP contribution >= 0.6 is 0 Å². The molecule has 1 amide bonds. The van der Waals surface area contributed by atoms with Gasteiger partial charge in [0.25, 0.3) is 0 Å². The number of piperidine rings is 1. The molecule has 8 heteroatoms. The van der Waals surface area contributed by atoms with Crippen molar-refractivity contribution in [3.63, 3.8) is 0 Å². The maximum Gasteiger partial charge on any atom is 0.223 e. The summed E-state index contributed by atoms with van der Waals surface area (Å²) in [6.45, 7) is 2.09. The van der Waals surface area contributed by atoms with Gasteiger partial charge in [-0.1, -0.05) is 0 Å². The zero-order valence-corrected chi connectivity index (χ0v) is 15.3. The number of aryl methyl sites for hydroxylation is 1. The number of carbonyl (C=O) groups is 1. The Kier molecular flexibility index (Phi) is 5.24. The standard InChI is InChI=1S/C19H24N6O2/c26-18(3-2-15-9-21-14-22-10-15)25-7-1-4-19(13-25)8-16(12-27-19)24-17-11-20-5-6-23-17/h5-6,9-11,14,16H,1-4,7-8,12-13H2,(H,23,24). The lowest BCUT2D eigenvalue weighted by molar-refractivity contribution is -0.139. The van der Waals surface area contributed by atoms with Crippen molar-refractivity contribution < 1.29 is 9.53 Å². The van der Waals surface area contributed by atoms with E-state index < -0.39 is 0 Å². The molecule has 2 unspecified atom stereocenters. The zero-order chi connectivity index (χ0) is 18.5. The number of likely N-dealkylation sites (tertiary alicyclic amines) is 1. The highest BCUT2D eigenvalue weighted by atomic mass is 16.5. The third-order valence-electron chi connectivity index (χ3n) is 5.26. The van der Waals surface area contributed by atoms with Crippen molar-refractivity contribution >= 4 is 11.7 Å². The lowest BCUT2D eigenvalue weighted by Crippen LogP contribution is -2.50. The summed E-state index contributed by atoms with van der Waals surface area (Å²) in [6.07, 6.45) is 14.1. The molecule has 4 rings (SSSR count). The SMILES string of the molecule is O=C(CCc1cncnc1)N1CCCC2(CC(Nc3cnccn3)CO2)C1. The molecule has 2 saturated heterocycles. The third kappa shape index (κ3) is 4.39. The first-order valence-corrected chi connectivity index (χ1v) is 9.41. The Hall–Kier alpha value is -2.61. The Morgan fingerprint density at radius 1 is 1.26 bits per heavy atom. The molecule has 2 atom stereocenters. The molecule has 8 nitrogen and oxygen atoms in total. The van der Waals surface area contributed by atoms with E-state index in [-0.39, 0.29) is 17.6 Å². The normalized spacial score (nSPS) is 24.9. The van der Waals surface area contributed by atoms with Crippen molar-refractivity contribution in [3.8, 4) is 0 Å². The predicted molar refractivity (Wildman–Crippen MR) is 98.9 cm³/mol. The van der Waals surface area contributed by atoms with Gasteiger partial charge in [0.05, 0.1) is 24.4 Å². The number of hydrogen-bond donors (Lipinski definition) is 1. The molecule has 1 N–H and O–H groups in total. The van der Waals surface area contributed by atoms with E-state index in [1.807, 2.05) is 4.90 Å². The minimum atomic E-state index is -0.246. The van der Waals surface area contributed by atoms with Crippen molar-refractivity contribution in [2.45, 2.75) is 43.7 Å². The molecule has 2 aliphatic rings. The van der Waals surface area contributed by atoms with Gasteiger partial charge in [-0.2, -0.15) is 0 Å². The summed E-state index contributed by atoms with van der Waals surface area (Å²) >= 11 is 0. The van der Waals surface area contributed by atoms with Crippen LogP contribution in [0.15, 0.2) is 37.3 Å². The summed E-state index contributed by atoms with van der Waals surface area (Å²) in [7, 11) is 0. The van der Waals surface area contributed by atoms with Crippen LogP contribution in [0.1, 0.15) is 31.2 Å². The highest BCUT2D eigenvalue weighted by molar-refractivity contribution is 5.76. The molecule has 0 aliphatic carbocycles. The van der Waals surface area contributed by atoms with Gasteiger partial charge in [-0.15, -0.1) is 0 Å². The maximum absolute atomic E-state index is 12.7. The third-order valence-corrected chi connectivity index (χ3v) is 5.26. The first kappa shape index (κ1) is 17.8. The van der Waals surface area contributed by atoms with Crippen LogP contribution in [-0.2, 0) is 16.0 Å². The van der Waals surface area contributed by atoms with Gasteiger partial charge < -0.3 is 15.0 Å². The molecule has 0 saturated carbocycles. The second-order valence-electron chi connectivity index (χ2n) is 7.30. The lowest BCUT2D eigenvalue weighted by atomic mass is 9.88. The second-order valence-corrected chi connectivity index (χ2v) is 7.30. The Balaban J connectivity index is 1.31. The molecular formula is C19H24N6O2. The number of rotatable bonds is 5. The summed E-state index contributed by atoms with van der Waals surface area (Å²) < 4.78 is 6.18. The Morgan fingerprint density at radius 2 is 2.15 bits per heavy atom. The van der Waals surface area contributed by atoms with Gasteiger partial charge in [-0.05, 0) is 24.8 Å². The average molecular weight is 368 g/mol. The number of carbonyl (C=O) groups excluding carboxylic acids is 1. The number of anilines is 1. The summed E-state index contributed by atoms with van der Waals surface area (Å²) in [5, 5.41) is 3.39. The molecule has 2 aromatic heterocycles. The molecule has 142 valence electrons. The minimum Gasteiger partial charge on any atom is -0.371 e. The first-order chi connectivity index (χ1) is 13.2. The van der Waals surface area contributed by atoms with Gasteiger partial charge >= 0.3 is 0 Å². The van der Waals surface area contributed by atoms with E-state index in [4.69, 9.17) is 4.74 Å². The quantitative estimate of drug-likeness (QED) is 0.854. The summed E-state index contributed by atoms with van der Waals surface area (Å²) in [6, 6.07) is 0.193. The fraction of sp³-hybridized carbons (Fsp3) is 0.526. The molecule has 2 aliphatic heterocycles. The van der Waals surface area contributed by atoms with Crippen molar-refractivity contribution in [2.75, 3.05) is 25.0 Å². The van der Waals surface area contributed by atoms with Crippen molar-refractivity contribution in [1.29, 1.82) is 0 Å². The number of amides is 1. The van der Waals surface area contributed by atoms with Crippen molar-refractivity contribution in [3.05, 3.63) is 42.9 Å². The lowest BCUT2D eigenvalue weighted by Gasteiger charge is -2.39. The molecule has 0 aromatic carbocycles. The molecule has 27 heavy (non-hydrogen) atoms. The molecule has 2 fully saturated rings. The van der Waals surface area contributed by atoms with E-state index in [0.29, 0.717) is 26.0 Å². The van der Waals surface area contributed by atoms with Crippen molar-refractivity contribution in [2.24, 2.45) is 0 Å². The molecule has 0 bridgehead atoms. The van der Waals surface area contributed by atoms with Crippen LogP contribution in [-0.4, -0.2) is 62.1 Å². The smallest absolute Gasteiger partial charge is 0.223 e. The summed E-state index contributed by atoms with van der Waals surface area (Å²) in [4.78, 5) is 31.0. The highest BCUT2D eigenvalue weighted by Crippen LogP contribution is 2.35. The van der Waals surface area contributed by atoms with E-state index >= 15 is 0 Å². The fourth-order valence-electron chi connectivity index (χ4n) is 3.98. The zero-order valence-electron chi connectivity index (χ0n) is 15.3. The average Bonchev–Trinajstić information content (AvgIpc) is 3.09. The number of ether oxygens (including phenoxy) is 1. The van der Waals surface area contributed by atoms with Crippen LogP contribution in [0.4, 0.5) is 5.82 Å². The van der Waals surface area contributed by atoms with Crippen LogP contribution in [0.5, 0.6) is 0 Å². The highest BCUT2D eigenvalue weighted by Gasteiger charge is 2.44. The number of hydrogen-bond acceptors (Lipinski definition) is 7. The van der Waals surface area contributed by atoms with Gasteiger partial charge in [0, 0.05) is 50.7 Å². The van der Waals surface area contributed by atoms with E-state index in [1.54, 1.807) is 31.0 Å². The van der Waals surface area contributed by atoms with Crippen molar-refractivity contribution in [1.82, 2.24) is 24.8 Å². The fourth-order valence-corrected chi connectivity index (χ4v) is 3.98.